The van der Waals surface area contributed by atoms with E-state index in [9.17, 15) is 0 Å². The van der Waals surface area contributed by atoms with Crippen LogP contribution >= 0.6 is 0 Å². The van der Waals surface area contributed by atoms with Crippen molar-refractivity contribution in [2.45, 2.75) is 0 Å². The molecule has 46 heavy (non-hydrogen) atoms. The maximum absolute atomic E-state index is 6.57. The number of hydrogen-bond acceptors (Lipinski definition) is 3. The Balaban J connectivity index is 1.34. The molecule has 0 aliphatic carbocycles. The van der Waals surface area contributed by atoms with Crippen molar-refractivity contribution in [3.8, 4) is 28.2 Å². The smallest absolute Gasteiger partial charge is 0.165 e. The van der Waals surface area contributed by atoms with E-state index in [1.54, 1.807) is 0 Å². The van der Waals surface area contributed by atoms with E-state index in [-0.39, 0.29) is 0 Å². The maximum Gasteiger partial charge on any atom is 0.165 e. The number of benzene rings is 7. The Morgan fingerprint density at radius 1 is 0.457 bits per heavy atom. The van der Waals surface area contributed by atoms with Crippen molar-refractivity contribution >= 4 is 65.6 Å². The standard InChI is InChI=1S/C42H25N3O/c1-2-12-26(13-3-1)28-15-6-7-18-31(28)41-42(44-35-20-10-9-19-34(35)43-41)45-36-21-11-8-17-30(36)32-24-33-39(25-37(32)45)46-38-23-22-27-14-4-5-16-29(27)40(33)38/h1-25H. The van der Waals surface area contributed by atoms with Crippen LogP contribution in [-0.2, 0) is 0 Å². The van der Waals surface area contributed by atoms with Crippen LogP contribution in [0.15, 0.2) is 156 Å². The van der Waals surface area contributed by atoms with Gasteiger partial charge in [-0.2, -0.15) is 0 Å². The van der Waals surface area contributed by atoms with E-state index in [1.165, 1.54) is 10.8 Å². The average Bonchev–Trinajstić information content (AvgIpc) is 3.65. The number of rotatable bonds is 3. The van der Waals surface area contributed by atoms with Crippen LogP contribution in [0.4, 0.5) is 0 Å². The van der Waals surface area contributed by atoms with Crippen LogP contribution in [-0.4, -0.2) is 14.5 Å². The van der Waals surface area contributed by atoms with Gasteiger partial charge in [-0.05, 0) is 52.2 Å². The van der Waals surface area contributed by atoms with Crippen LogP contribution in [0.2, 0.25) is 0 Å². The van der Waals surface area contributed by atoms with E-state index in [1.807, 2.05) is 30.3 Å². The third-order valence-electron chi connectivity index (χ3n) is 9.18. The summed E-state index contributed by atoms with van der Waals surface area (Å²) in [4.78, 5) is 10.7. The molecule has 0 bridgehead atoms. The van der Waals surface area contributed by atoms with Crippen molar-refractivity contribution < 1.29 is 4.42 Å². The minimum absolute atomic E-state index is 0.786. The lowest BCUT2D eigenvalue weighted by Gasteiger charge is -2.16. The Hall–Kier alpha value is -6.26. The van der Waals surface area contributed by atoms with E-state index in [0.717, 1.165) is 83.0 Å². The van der Waals surface area contributed by atoms with Crippen molar-refractivity contribution in [2.75, 3.05) is 0 Å². The molecule has 0 saturated heterocycles. The first-order chi connectivity index (χ1) is 22.8. The highest BCUT2D eigenvalue weighted by Crippen LogP contribution is 2.42. The zero-order chi connectivity index (χ0) is 30.2. The lowest BCUT2D eigenvalue weighted by molar-refractivity contribution is 0.669. The zero-order valence-corrected chi connectivity index (χ0v) is 24.7. The predicted octanol–water partition coefficient (Wildman–Crippen LogP) is 11.1. The van der Waals surface area contributed by atoms with Crippen LogP contribution in [0.3, 0.4) is 0 Å². The first kappa shape index (κ1) is 25.1. The molecule has 4 heteroatoms. The molecule has 10 rings (SSSR count). The Kier molecular flexibility index (Phi) is 5.25. The zero-order valence-electron chi connectivity index (χ0n) is 24.7. The second-order valence-electron chi connectivity index (χ2n) is 11.8. The van der Waals surface area contributed by atoms with Gasteiger partial charge in [-0.1, -0.05) is 115 Å². The van der Waals surface area contributed by atoms with Gasteiger partial charge < -0.3 is 4.42 Å². The van der Waals surface area contributed by atoms with E-state index in [4.69, 9.17) is 14.4 Å². The van der Waals surface area contributed by atoms with E-state index in [2.05, 4.69) is 126 Å². The summed E-state index contributed by atoms with van der Waals surface area (Å²) in [5.41, 5.74) is 9.65. The molecule has 7 aromatic carbocycles. The van der Waals surface area contributed by atoms with Crippen molar-refractivity contribution in [3.05, 3.63) is 152 Å². The summed E-state index contributed by atoms with van der Waals surface area (Å²) in [6.07, 6.45) is 0. The summed E-state index contributed by atoms with van der Waals surface area (Å²) >= 11 is 0. The lowest BCUT2D eigenvalue weighted by atomic mass is 9.97. The first-order valence-corrected chi connectivity index (χ1v) is 15.5. The summed E-state index contributed by atoms with van der Waals surface area (Å²) in [5.74, 6) is 0.786. The van der Waals surface area contributed by atoms with Gasteiger partial charge in [0.2, 0.25) is 0 Å². The first-order valence-electron chi connectivity index (χ1n) is 15.5. The number of furan rings is 1. The summed E-state index contributed by atoms with van der Waals surface area (Å²) in [5, 5.41) is 6.97. The number of nitrogens with zero attached hydrogens (tertiary/aromatic N) is 3. The molecular weight excluding hydrogens is 562 g/mol. The summed E-state index contributed by atoms with van der Waals surface area (Å²) < 4.78 is 8.84. The third-order valence-corrected chi connectivity index (χ3v) is 9.18. The fraction of sp³-hybridized carbons (Fsp3) is 0. The van der Waals surface area contributed by atoms with Crippen molar-refractivity contribution in [1.82, 2.24) is 14.5 Å². The highest BCUT2D eigenvalue weighted by molar-refractivity contribution is 6.23. The number of hydrogen-bond donors (Lipinski definition) is 0. The van der Waals surface area contributed by atoms with E-state index >= 15 is 0 Å². The molecule has 0 aliphatic rings. The Labute approximate surface area is 263 Å². The van der Waals surface area contributed by atoms with Gasteiger partial charge in [-0.25, -0.2) is 9.97 Å². The quantitative estimate of drug-likeness (QED) is 0.207. The molecule has 0 amide bonds. The molecule has 10 aromatic rings. The Morgan fingerprint density at radius 3 is 2.02 bits per heavy atom. The molecule has 0 radical (unpaired) electrons. The number of fused-ring (bicyclic) bond motifs is 9. The molecule has 0 fully saturated rings. The maximum atomic E-state index is 6.57. The molecular formula is C42H25N3O. The Bertz CT molecular complexity index is 2810. The van der Waals surface area contributed by atoms with Gasteiger partial charge in [0.15, 0.2) is 5.82 Å². The minimum Gasteiger partial charge on any atom is -0.456 e. The Morgan fingerprint density at radius 2 is 1.15 bits per heavy atom. The SMILES string of the molecule is c1ccc(-c2ccccc2-c2nc3ccccc3nc2-n2c3ccccc3c3cc4c(cc32)oc2ccc3ccccc3c24)cc1. The minimum atomic E-state index is 0.786. The number of aromatic nitrogens is 3. The van der Waals surface area contributed by atoms with Gasteiger partial charge in [0, 0.05) is 33.2 Å². The van der Waals surface area contributed by atoms with Gasteiger partial charge in [0.05, 0.1) is 22.1 Å². The predicted molar refractivity (Wildman–Crippen MR) is 190 cm³/mol. The van der Waals surface area contributed by atoms with Crippen LogP contribution < -0.4 is 0 Å². The molecule has 0 saturated carbocycles. The summed E-state index contributed by atoms with van der Waals surface area (Å²) in [6, 6.07) is 52.9. The van der Waals surface area contributed by atoms with Crippen LogP contribution in [0.5, 0.6) is 0 Å². The molecule has 214 valence electrons. The normalized spacial score (nSPS) is 11.9. The highest BCUT2D eigenvalue weighted by atomic mass is 16.3. The second kappa shape index (κ2) is 9.62. The molecule has 4 nitrogen and oxygen atoms in total. The van der Waals surface area contributed by atoms with E-state index in [0.29, 0.717) is 0 Å². The van der Waals surface area contributed by atoms with Crippen molar-refractivity contribution in [2.24, 2.45) is 0 Å². The summed E-state index contributed by atoms with van der Waals surface area (Å²) in [7, 11) is 0. The van der Waals surface area contributed by atoms with Crippen LogP contribution in [0.1, 0.15) is 0 Å². The monoisotopic (exact) mass is 587 g/mol. The lowest BCUT2D eigenvalue weighted by Crippen LogP contribution is -2.04. The molecule has 0 spiro atoms. The van der Waals surface area contributed by atoms with Crippen LogP contribution in [0.25, 0.3) is 93.8 Å². The van der Waals surface area contributed by atoms with Crippen LogP contribution in [0, 0.1) is 0 Å². The van der Waals surface area contributed by atoms with Gasteiger partial charge in [0.1, 0.15) is 16.9 Å². The molecule has 3 aromatic heterocycles. The molecule has 0 atom stereocenters. The van der Waals surface area contributed by atoms with Gasteiger partial charge in [-0.15, -0.1) is 0 Å². The molecule has 0 aliphatic heterocycles. The highest BCUT2D eigenvalue weighted by Gasteiger charge is 2.22. The van der Waals surface area contributed by atoms with E-state index < -0.39 is 0 Å². The fourth-order valence-corrected chi connectivity index (χ4v) is 7.12. The van der Waals surface area contributed by atoms with Gasteiger partial charge >= 0.3 is 0 Å². The molecule has 0 N–H and O–H groups in total. The largest absolute Gasteiger partial charge is 0.456 e. The molecule has 0 unspecified atom stereocenters. The number of para-hydroxylation sites is 3. The molecule has 3 heterocycles. The second-order valence-corrected chi connectivity index (χ2v) is 11.8. The van der Waals surface area contributed by atoms with Gasteiger partial charge in [-0.3, -0.25) is 4.57 Å². The van der Waals surface area contributed by atoms with Gasteiger partial charge in [0.25, 0.3) is 0 Å². The fourth-order valence-electron chi connectivity index (χ4n) is 7.12. The topological polar surface area (TPSA) is 43.9 Å². The average molecular weight is 588 g/mol. The van der Waals surface area contributed by atoms with Crippen molar-refractivity contribution in [3.63, 3.8) is 0 Å². The third kappa shape index (κ3) is 3.61. The van der Waals surface area contributed by atoms with Crippen molar-refractivity contribution in [1.29, 1.82) is 0 Å². The summed E-state index contributed by atoms with van der Waals surface area (Å²) in [6.45, 7) is 0.